The smallest absolute Gasteiger partial charge is 0.157 e. The van der Waals surface area contributed by atoms with Gasteiger partial charge in [-0.3, -0.25) is 4.79 Å². The van der Waals surface area contributed by atoms with E-state index >= 15 is 0 Å². The Bertz CT molecular complexity index is 243. The van der Waals surface area contributed by atoms with Crippen molar-refractivity contribution < 1.29 is 4.79 Å². The number of ketones is 1. The summed E-state index contributed by atoms with van der Waals surface area (Å²) in [6, 6.07) is -0.127. The summed E-state index contributed by atoms with van der Waals surface area (Å²) in [5, 5.41) is 3.94. The summed E-state index contributed by atoms with van der Waals surface area (Å²) in [6.07, 6.45) is 4.36. The Morgan fingerprint density at radius 1 is 1.58 bits per heavy atom. The summed E-state index contributed by atoms with van der Waals surface area (Å²) < 4.78 is 1.62. The number of nitrogens with zero attached hydrogens (tertiary/aromatic N) is 3. The molecule has 0 bridgehead atoms. The molecular weight excluding hydrogens is 154 g/mol. The van der Waals surface area contributed by atoms with E-state index in [0.29, 0.717) is 6.42 Å². The van der Waals surface area contributed by atoms with Crippen molar-refractivity contribution in [3.8, 4) is 0 Å². The van der Waals surface area contributed by atoms with Gasteiger partial charge < -0.3 is 0 Å². The zero-order valence-corrected chi connectivity index (χ0v) is 7.40. The molecule has 4 nitrogen and oxygen atoms in total. The van der Waals surface area contributed by atoms with Crippen LogP contribution in [0, 0.1) is 0 Å². The van der Waals surface area contributed by atoms with Gasteiger partial charge in [-0.2, -0.15) is 5.10 Å². The summed E-state index contributed by atoms with van der Waals surface area (Å²) >= 11 is 0. The minimum atomic E-state index is -0.127. The van der Waals surface area contributed by atoms with Crippen molar-refractivity contribution in [2.45, 2.75) is 32.7 Å². The van der Waals surface area contributed by atoms with Gasteiger partial charge >= 0.3 is 0 Å². The van der Waals surface area contributed by atoms with Crippen molar-refractivity contribution >= 4 is 5.78 Å². The fraction of sp³-hybridized carbons (Fsp3) is 0.625. The highest BCUT2D eigenvalue weighted by atomic mass is 16.1. The second kappa shape index (κ2) is 3.99. The molecule has 1 atom stereocenters. The molecule has 0 aliphatic carbocycles. The third-order valence-corrected chi connectivity index (χ3v) is 1.86. The monoisotopic (exact) mass is 167 g/mol. The normalized spacial score (nSPS) is 12.8. The Morgan fingerprint density at radius 2 is 2.33 bits per heavy atom. The van der Waals surface area contributed by atoms with Crippen LogP contribution in [-0.2, 0) is 4.79 Å². The number of hydrogen-bond donors (Lipinski definition) is 0. The minimum Gasteiger partial charge on any atom is -0.297 e. The van der Waals surface area contributed by atoms with E-state index in [2.05, 4.69) is 10.1 Å². The summed E-state index contributed by atoms with van der Waals surface area (Å²) in [7, 11) is 0. The van der Waals surface area contributed by atoms with E-state index in [0.717, 1.165) is 6.42 Å². The molecule has 1 unspecified atom stereocenters. The third-order valence-electron chi connectivity index (χ3n) is 1.86. The number of aromatic nitrogens is 3. The largest absolute Gasteiger partial charge is 0.297 e. The van der Waals surface area contributed by atoms with Gasteiger partial charge in [0.15, 0.2) is 5.78 Å². The first kappa shape index (κ1) is 8.90. The van der Waals surface area contributed by atoms with Crippen LogP contribution >= 0.6 is 0 Å². The summed E-state index contributed by atoms with van der Waals surface area (Å²) in [5.74, 6) is 0.211. The number of carbonyl (C=O) groups is 1. The standard InChI is InChI=1S/C8H13N3O/c1-3-7(8(12)4-2)11-6-9-5-10-11/h5-7H,3-4H2,1-2H3. The SMILES string of the molecule is CCC(=O)C(CC)n1cncn1. The molecule has 1 rings (SSSR count). The maximum absolute atomic E-state index is 11.4. The van der Waals surface area contributed by atoms with Crippen LogP contribution in [0.3, 0.4) is 0 Å². The molecule has 1 aromatic heterocycles. The van der Waals surface area contributed by atoms with Gasteiger partial charge in [-0.1, -0.05) is 13.8 Å². The first-order chi connectivity index (χ1) is 5.79. The van der Waals surface area contributed by atoms with E-state index in [4.69, 9.17) is 0 Å². The maximum atomic E-state index is 11.4. The van der Waals surface area contributed by atoms with E-state index in [-0.39, 0.29) is 11.8 Å². The van der Waals surface area contributed by atoms with Crippen LogP contribution < -0.4 is 0 Å². The van der Waals surface area contributed by atoms with Gasteiger partial charge in [-0.15, -0.1) is 0 Å². The number of Topliss-reactive ketones (excluding diaryl/α,β-unsaturated/α-hetero) is 1. The summed E-state index contributed by atoms with van der Waals surface area (Å²) in [6.45, 7) is 3.84. The second-order valence-electron chi connectivity index (χ2n) is 2.62. The Kier molecular flexibility index (Phi) is 2.96. The highest BCUT2D eigenvalue weighted by Crippen LogP contribution is 2.11. The van der Waals surface area contributed by atoms with E-state index in [9.17, 15) is 4.79 Å². The Labute approximate surface area is 71.6 Å². The van der Waals surface area contributed by atoms with Gasteiger partial charge in [0, 0.05) is 6.42 Å². The van der Waals surface area contributed by atoms with Gasteiger partial charge in [0.2, 0.25) is 0 Å². The molecule has 66 valence electrons. The Morgan fingerprint density at radius 3 is 2.75 bits per heavy atom. The van der Waals surface area contributed by atoms with E-state index in [1.807, 2.05) is 13.8 Å². The number of rotatable bonds is 4. The molecule has 1 aromatic rings. The third kappa shape index (κ3) is 1.69. The lowest BCUT2D eigenvalue weighted by Gasteiger charge is -2.11. The van der Waals surface area contributed by atoms with Crippen molar-refractivity contribution in [2.24, 2.45) is 0 Å². The number of hydrogen-bond acceptors (Lipinski definition) is 3. The zero-order chi connectivity index (χ0) is 8.97. The molecule has 12 heavy (non-hydrogen) atoms. The fourth-order valence-corrected chi connectivity index (χ4v) is 1.18. The predicted octanol–water partition coefficient (Wildman–Crippen LogP) is 1.21. The molecule has 0 amide bonds. The topological polar surface area (TPSA) is 47.8 Å². The van der Waals surface area contributed by atoms with Gasteiger partial charge in [0.1, 0.15) is 18.7 Å². The van der Waals surface area contributed by atoms with E-state index < -0.39 is 0 Å². The van der Waals surface area contributed by atoms with Gasteiger partial charge in [0.05, 0.1) is 0 Å². The highest BCUT2D eigenvalue weighted by molar-refractivity contribution is 5.82. The molecule has 0 aromatic carbocycles. The first-order valence-corrected chi connectivity index (χ1v) is 4.16. The van der Waals surface area contributed by atoms with E-state index in [1.54, 1.807) is 11.0 Å². The molecule has 0 N–H and O–H groups in total. The lowest BCUT2D eigenvalue weighted by molar-refractivity contribution is -0.122. The molecular formula is C8H13N3O. The summed E-state index contributed by atoms with van der Waals surface area (Å²) in [4.78, 5) is 15.2. The Hall–Kier alpha value is -1.19. The zero-order valence-electron chi connectivity index (χ0n) is 7.40. The fourth-order valence-electron chi connectivity index (χ4n) is 1.18. The van der Waals surface area contributed by atoms with Crippen molar-refractivity contribution in [2.75, 3.05) is 0 Å². The second-order valence-corrected chi connectivity index (χ2v) is 2.62. The molecule has 0 saturated heterocycles. The van der Waals surface area contributed by atoms with E-state index in [1.165, 1.54) is 6.33 Å². The van der Waals surface area contributed by atoms with Crippen LogP contribution in [0.5, 0.6) is 0 Å². The first-order valence-electron chi connectivity index (χ1n) is 4.16. The lowest BCUT2D eigenvalue weighted by Crippen LogP contribution is -2.18. The molecule has 1 heterocycles. The molecule has 0 saturated carbocycles. The van der Waals surface area contributed by atoms with Crippen LogP contribution in [0.1, 0.15) is 32.7 Å². The minimum absolute atomic E-state index is 0.127. The number of carbonyl (C=O) groups excluding carboxylic acids is 1. The van der Waals surface area contributed by atoms with Crippen molar-refractivity contribution in [1.82, 2.24) is 14.8 Å². The molecule has 0 aliphatic heterocycles. The van der Waals surface area contributed by atoms with Crippen molar-refractivity contribution in [3.05, 3.63) is 12.7 Å². The highest BCUT2D eigenvalue weighted by Gasteiger charge is 2.16. The quantitative estimate of drug-likeness (QED) is 0.677. The molecule has 0 fully saturated rings. The van der Waals surface area contributed by atoms with Gasteiger partial charge in [-0.05, 0) is 6.42 Å². The molecule has 0 spiro atoms. The average Bonchev–Trinajstić information content (AvgIpc) is 2.58. The molecule has 4 heteroatoms. The van der Waals surface area contributed by atoms with Gasteiger partial charge in [-0.25, -0.2) is 9.67 Å². The van der Waals surface area contributed by atoms with Crippen LogP contribution in [0.25, 0.3) is 0 Å². The van der Waals surface area contributed by atoms with Gasteiger partial charge in [0.25, 0.3) is 0 Å². The average molecular weight is 167 g/mol. The van der Waals surface area contributed by atoms with Crippen LogP contribution in [-0.4, -0.2) is 20.5 Å². The summed E-state index contributed by atoms with van der Waals surface area (Å²) in [5.41, 5.74) is 0. The van der Waals surface area contributed by atoms with Crippen molar-refractivity contribution in [1.29, 1.82) is 0 Å². The Balaban J connectivity index is 2.76. The van der Waals surface area contributed by atoms with Crippen LogP contribution in [0.2, 0.25) is 0 Å². The van der Waals surface area contributed by atoms with Crippen LogP contribution in [0.15, 0.2) is 12.7 Å². The maximum Gasteiger partial charge on any atom is 0.157 e. The molecule has 0 radical (unpaired) electrons. The van der Waals surface area contributed by atoms with Crippen LogP contribution in [0.4, 0.5) is 0 Å². The predicted molar refractivity (Wildman–Crippen MR) is 44.6 cm³/mol. The lowest BCUT2D eigenvalue weighted by atomic mass is 10.1. The molecule has 0 aliphatic rings. The van der Waals surface area contributed by atoms with Crippen molar-refractivity contribution in [3.63, 3.8) is 0 Å².